The van der Waals surface area contributed by atoms with E-state index in [1.165, 1.54) is 15.2 Å². The van der Waals surface area contributed by atoms with E-state index < -0.39 is 5.69 Å². The molecule has 0 aliphatic heterocycles. The summed E-state index contributed by atoms with van der Waals surface area (Å²) in [6.45, 7) is 2.05. The predicted molar refractivity (Wildman–Crippen MR) is 70.8 cm³/mol. The fraction of sp³-hybridized carbons (Fsp3) is 0.154. The Morgan fingerprint density at radius 3 is 2.89 bits per heavy atom. The zero-order valence-electron chi connectivity index (χ0n) is 10.3. The van der Waals surface area contributed by atoms with E-state index in [4.69, 9.17) is 0 Å². The van der Waals surface area contributed by atoms with Crippen molar-refractivity contribution in [1.29, 1.82) is 0 Å². The molecule has 2 heterocycles. The largest absolute Gasteiger partial charge is 0.347 e. The van der Waals surface area contributed by atoms with Crippen LogP contribution >= 0.6 is 0 Å². The van der Waals surface area contributed by atoms with E-state index in [0.717, 1.165) is 17.7 Å². The summed E-state index contributed by atoms with van der Waals surface area (Å²) in [5.41, 5.74) is 1.26. The van der Waals surface area contributed by atoms with Crippen molar-refractivity contribution in [3.05, 3.63) is 63.1 Å². The summed E-state index contributed by atoms with van der Waals surface area (Å²) >= 11 is 0. The fourth-order valence-corrected chi connectivity index (χ4v) is 2.03. The molecule has 6 nitrogen and oxygen atoms in total. The Balaban J connectivity index is 2.28. The Morgan fingerprint density at radius 1 is 1.26 bits per heavy atom. The summed E-state index contributed by atoms with van der Waals surface area (Å²) in [5, 5.41) is 6.00. The van der Waals surface area contributed by atoms with Crippen LogP contribution in [0.3, 0.4) is 0 Å². The number of nitrogens with zero attached hydrogens (tertiary/aromatic N) is 3. The molecule has 0 aliphatic rings. The molecule has 2 aromatic heterocycles. The number of hydrogen-bond donors (Lipinski definition) is 1. The summed E-state index contributed by atoms with van der Waals surface area (Å²) < 4.78 is 2.68. The maximum Gasteiger partial charge on any atom is 0.347 e. The zero-order chi connectivity index (χ0) is 13.4. The summed E-state index contributed by atoms with van der Waals surface area (Å²) in [4.78, 5) is 23.6. The van der Waals surface area contributed by atoms with E-state index >= 15 is 0 Å². The van der Waals surface area contributed by atoms with Crippen LogP contribution in [-0.4, -0.2) is 19.2 Å². The molecule has 1 aromatic carbocycles. The molecule has 0 aliphatic carbocycles. The van der Waals surface area contributed by atoms with E-state index in [1.54, 1.807) is 6.20 Å². The second-order valence-electron chi connectivity index (χ2n) is 4.22. The molecule has 0 amide bonds. The third-order valence-electron chi connectivity index (χ3n) is 3.08. The lowest BCUT2D eigenvalue weighted by molar-refractivity contribution is 0.935. The number of nitrogens with one attached hydrogen (secondary N) is 1. The summed E-state index contributed by atoms with van der Waals surface area (Å²) in [5.74, 6) is 0. The highest BCUT2D eigenvalue weighted by molar-refractivity contribution is 5.41. The van der Waals surface area contributed by atoms with Gasteiger partial charge in [-0.1, -0.05) is 19.1 Å². The van der Waals surface area contributed by atoms with Crippen molar-refractivity contribution < 1.29 is 0 Å². The second kappa shape index (κ2) is 4.24. The number of rotatable bonds is 2. The van der Waals surface area contributed by atoms with Crippen LogP contribution in [0, 0.1) is 0 Å². The van der Waals surface area contributed by atoms with Crippen LogP contribution in [0.1, 0.15) is 12.5 Å². The second-order valence-corrected chi connectivity index (χ2v) is 4.22. The van der Waals surface area contributed by atoms with Gasteiger partial charge in [-0.25, -0.2) is 14.3 Å². The molecule has 3 rings (SSSR count). The standard InChI is InChI=1S/C13H12N4O2/c1-2-9-4-3-5-10(8-9)16-6-7-17-11(12(16)18)14-15-13(17)19/h3-8H,2H2,1H3,(H,15,19). The minimum absolute atomic E-state index is 0.0920. The van der Waals surface area contributed by atoms with Gasteiger partial charge in [0.05, 0.1) is 0 Å². The Bertz CT molecular complexity index is 857. The van der Waals surface area contributed by atoms with E-state index in [2.05, 4.69) is 17.1 Å². The van der Waals surface area contributed by atoms with Gasteiger partial charge in [0.1, 0.15) is 0 Å². The summed E-state index contributed by atoms with van der Waals surface area (Å²) in [6, 6.07) is 7.71. The molecule has 3 aromatic rings. The van der Waals surface area contributed by atoms with Crippen LogP contribution in [0.25, 0.3) is 11.3 Å². The van der Waals surface area contributed by atoms with Gasteiger partial charge in [0.15, 0.2) is 0 Å². The van der Waals surface area contributed by atoms with Crippen molar-refractivity contribution in [2.75, 3.05) is 0 Å². The SMILES string of the molecule is CCc1cccc(-n2ccn3c(=O)[nH]nc3c2=O)c1. The molecule has 19 heavy (non-hydrogen) atoms. The lowest BCUT2D eigenvalue weighted by Gasteiger charge is -2.06. The van der Waals surface area contributed by atoms with Crippen molar-refractivity contribution in [3.63, 3.8) is 0 Å². The van der Waals surface area contributed by atoms with Crippen molar-refractivity contribution in [2.24, 2.45) is 0 Å². The van der Waals surface area contributed by atoms with Gasteiger partial charge in [0.25, 0.3) is 0 Å². The van der Waals surface area contributed by atoms with Gasteiger partial charge in [0.2, 0.25) is 5.65 Å². The van der Waals surface area contributed by atoms with Gasteiger partial charge in [-0.05, 0) is 24.1 Å². The van der Waals surface area contributed by atoms with E-state index in [-0.39, 0.29) is 11.2 Å². The lowest BCUT2D eigenvalue weighted by atomic mass is 10.1. The molecule has 0 bridgehead atoms. The van der Waals surface area contributed by atoms with Gasteiger partial charge in [-0.15, -0.1) is 5.10 Å². The summed E-state index contributed by atoms with van der Waals surface area (Å²) in [6.07, 6.45) is 3.99. The molecule has 0 atom stereocenters. The summed E-state index contributed by atoms with van der Waals surface area (Å²) in [7, 11) is 0. The minimum Gasteiger partial charge on any atom is -0.280 e. The number of hydrogen-bond acceptors (Lipinski definition) is 3. The van der Waals surface area contributed by atoms with Crippen LogP contribution in [-0.2, 0) is 6.42 Å². The zero-order valence-corrected chi connectivity index (χ0v) is 10.3. The first kappa shape index (κ1) is 11.5. The Labute approximate surface area is 107 Å². The van der Waals surface area contributed by atoms with E-state index in [9.17, 15) is 9.59 Å². The first-order valence-electron chi connectivity index (χ1n) is 5.98. The molecule has 0 saturated heterocycles. The van der Waals surface area contributed by atoms with Crippen LogP contribution in [0.2, 0.25) is 0 Å². The molecule has 0 unspecified atom stereocenters. The highest BCUT2D eigenvalue weighted by atomic mass is 16.2. The molecular weight excluding hydrogens is 244 g/mol. The third kappa shape index (κ3) is 1.77. The number of benzene rings is 1. The number of aromatic amines is 1. The van der Waals surface area contributed by atoms with Crippen LogP contribution < -0.4 is 11.2 Å². The van der Waals surface area contributed by atoms with Crippen molar-refractivity contribution in [2.45, 2.75) is 13.3 Å². The van der Waals surface area contributed by atoms with Gasteiger partial charge in [-0.3, -0.25) is 9.36 Å². The molecule has 1 N–H and O–H groups in total. The number of H-pyrrole nitrogens is 1. The first-order chi connectivity index (χ1) is 9.20. The normalized spacial score (nSPS) is 11.0. The molecule has 0 saturated carbocycles. The predicted octanol–water partition coefficient (Wildman–Crippen LogP) is 0.736. The van der Waals surface area contributed by atoms with Crippen molar-refractivity contribution in [3.8, 4) is 5.69 Å². The van der Waals surface area contributed by atoms with Crippen LogP contribution in [0.5, 0.6) is 0 Å². The Morgan fingerprint density at radius 2 is 2.11 bits per heavy atom. The first-order valence-corrected chi connectivity index (χ1v) is 5.98. The quantitative estimate of drug-likeness (QED) is 0.735. The smallest absolute Gasteiger partial charge is 0.280 e. The fourth-order valence-electron chi connectivity index (χ4n) is 2.03. The maximum absolute atomic E-state index is 12.3. The minimum atomic E-state index is -0.415. The lowest BCUT2D eigenvalue weighted by Crippen LogP contribution is -2.22. The van der Waals surface area contributed by atoms with E-state index in [1.807, 2.05) is 24.3 Å². The Hall–Kier alpha value is -2.63. The van der Waals surface area contributed by atoms with Gasteiger partial charge >= 0.3 is 11.2 Å². The maximum atomic E-state index is 12.3. The molecule has 0 fully saturated rings. The van der Waals surface area contributed by atoms with Crippen LogP contribution in [0.15, 0.2) is 46.2 Å². The third-order valence-corrected chi connectivity index (χ3v) is 3.08. The van der Waals surface area contributed by atoms with Gasteiger partial charge in [-0.2, -0.15) is 0 Å². The van der Waals surface area contributed by atoms with Crippen LogP contribution in [0.4, 0.5) is 0 Å². The molecular formula is C13H12N4O2. The topological polar surface area (TPSA) is 72.2 Å². The molecule has 0 radical (unpaired) electrons. The highest BCUT2D eigenvalue weighted by Crippen LogP contribution is 2.09. The molecule has 6 heteroatoms. The highest BCUT2D eigenvalue weighted by Gasteiger charge is 2.08. The monoisotopic (exact) mass is 256 g/mol. The average molecular weight is 256 g/mol. The van der Waals surface area contributed by atoms with E-state index in [0.29, 0.717) is 0 Å². The average Bonchev–Trinajstić information content (AvgIpc) is 2.82. The van der Waals surface area contributed by atoms with Gasteiger partial charge in [0, 0.05) is 18.1 Å². The number of aromatic nitrogens is 4. The van der Waals surface area contributed by atoms with Gasteiger partial charge < -0.3 is 0 Å². The van der Waals surface area contributed by atoms with Crippen molar-refractivity contribution >= 4 is 5.65 Å². The number of fused-ring (bicyclic) bond motifs is 1. The number of aryl methyl sites for hydroxylation is 1. The molecule has 96 valence electrons. The van der Waals surface area contributed by atoms with Crippen molar-refractivity contribution in [1.82, 2.24) is 19.2 Å². The molecule has 0 spiro atoms. The Kier molecular flexibility index (Phi) is 2.56.